The number of nitrogens with two attached hydrogens (primary N) is 2. The summed E-state index contributed by atoms with van der Waals surface area (Å²) in [5, 5.41) is 6.22. The van der Waals surface area contributed by atoms with E-state index < -0.39 is 11.5 Å². The molecule has 166 valence electrons. The highest BCUT2D eigenvalue weighted by Gasteiger charge is 2.27. The van der Waals surface area contributed by atoms with E-state index in [1.54, 1.807) is 18.3 Å². The molecule has 0 unspecified atom stereocenters. The van der Waals surface area contributed by atoms with Crippen LogP contribution in [0.3, 0.4) is 0 Å². The van der Waals surface area contributed by atoms with Crippen LogP contribution in [0, 0.1) is 0 Å². The maximum absolute atomic E-state index is 12.7. The molecule has 9 nitrogen and oxygen atoms in total. The highest BCUT2D eigenvalue weighted by atomic mass is 16.2. The molecule has 0 spiro atoms. The van der Waals surface area contributed by atoms with Crippen molar-refractivity contribution in [1.82, 2.24) is 15.0 Å². The molecule has 0 atom stereocenters. The summed E-state index contributed by atoms with van der Waals surface area (Å²) in [5.74, 6) is -0.591. The number of amides is 1. The van der Waals surface area contributed by atoms with Gasteiger partial charge in [-0.1, -0.05) is 49.6 Å². The third-order valence-electron chi connectivity index (χ3n) is 5.73. The number of hydrogen-bond acceptors (Lipinski definition) is 7. The van der Waals surface area contributed by atoms with Crippen LogP contribution in [-0.2, 0) is 0 Å². The molecule has 0 saturated heterocycles. The topological polar surface area (TPSA) is 152 Å². The molecule has 32 heavy (non-hydrogen) atoms. The zero-order valence-corrected chi connectivity index (χ0v) is 17.7. The van der Waals surface area contributed by atoms with Gasteiger partial charge in [-0.3, -0.25) is 19.6 Å². The van der Waals surface area contributed by atoms with Crippen LogP contribution in [0.15, 0.2) is 53.5 Å². The van der Waals surface area contributed by atoms with Gasteiger partial charge in [-0.2, -0.15) is 4.98 Å². The van der Waals surface area contributed by atoms with Gasteiger partial charge in [0.05, 0.1) is 11.4 Å². The average Bonchev–Trinajstić information content (AvgIpc) is 2.79. The number of pyridine rings is 1. The minimum Gasteiger partial charge on any atom is -0.365 e. The minimum absolute atomic E-state index is 0.0589. The molecule has 0 bridgehead atoms. The number of nitrogens with zero attached hydrogens (tertiary/aromatic N) is 2. The van der Waals surface area contributed by atoms with Crippen molar-refractivity contribution in [3.05, 3.63) is 64.6 Å². The van der Waals surface area contributed by atoms with Gasteiger partial charge in [-0.15, -0.1) is 0 Å². The molecule has 3 aromatic rings. The molecule has 4 rings (SSSR count). The number of carbonyl (C=O) groups is 1. The number of primary amides is 1. The lowest BCUT2D eigenvalue weighted by molar-refractivity contribution is 0.0999. The number of aromatic amines is 1. The Morgan fingerprint density at radius 1 is 1.09 bits per heavy atom. The number of H-pyrrole nitrogens is 1. The largest absolute Gasteiger partial charge is 0.365 e. The van der Waals surface area contributed by atoms with Crippen LogP contribution < -0.4 is 27.7 Å². The second-order valence-corrected chi connectivity index (χ2v) is 8.17. The predicted molar refractivity (Wildman–Crippen MR) is 125 cm³/mol. The van der Waals surface area contributed by atoms with Gasteiger partial charge in [0.1, 0.15) is 5.56 Å². The molecule has 1 aromatic carbocycles. The molecule has 1 fully saturated rings. The van der Waals surface area contributed by atoms with Crippen molar-refractivity contribution in [3.8, 4) is 11.3 Å². The van der Waals surface area contributed by atoms with Gasteiger partial charge in [-0.05, 0) is 25.0 Å². The standard InChI is InChI=1S/C23H27N7O2/c24-19(31)17-20(28-16-10-7-13-26-18(16)15-8-3-1-4-9-15)29-22(30-21(17)32)27-14-23(25)11-5-2-6-12-23/h1,3-4,7-10,13H,2,5-6,11-12,14,25H2,(H2,24,31)(H3,27,28,29,30,32). The Morgan fingerprint density at radius 2 is 1.84 bits per heavy atom. The Bertz CT molecular complexity index is 1150. The predicted octanol–water partition coefficient (Wildman–Crippen LogP) is 2.75. The normalized spacial score (nSPS) is 15.2. The van der Waals surface area contributed by atoms with Gasteiger partial charge in [0, 0.05) is 23.8 Å². The van der Waals surface area contributed by atoms with Crippen LogP contribution in [0.2, 0.25) is 0 Å². The first-order chi connectivity index (χ1) is 15.5. The summed E-state index contributed by atoms with van der Waals surface area (Å²) in [6.07, 6.45) is 6.84. The lowest BCUT2D eigenvalue weighted by Crippen LogP contribution is -2.48. The molecule has 0 radical (unpaired) electrons. The smallest absolute Gasteiger partial charge is 0.267 e. The Balaban J connectivity index is 1.66. The van der Waals surface area contributed by atoms with Crippen molar-refractivity contribution in [2.45, 2.75) is 37.6 Å². The van der Waals surface area contributed by atoms with Gasteiger partial charge >= 0.3 is 0 Å². The highest BCUT2D eigenvalue weighted by molar-refractivity contribution is 5.98. The van der Waals surface area contributed by atoms with Crippen LogP contribution in [0.5, 0.6) is 0 Å². The van der Waals surface area contributed by atoms with Crippen LogP contribution >= 0.6 is 0 Å². The lowest BCUT2D eigenvalue weighted by atomic mass is 9.82. The fourth-order valence-corrected chi connectivity index (χ4v) is 4.03. The van der Waals surface area contributed by atoms with E-state index in [1.807, 2.05) is 30.3 Å². The number of hydrogen-bond donors (Lipinski definition) is 5. The van der Waals surface area contributed by atoms with Crippen molar-refractivity contribution < 1.29 is 4.79 Å². The maximum atomic E-state index is 12.7. The molecule has 9 heteroatoms. The van der Waals surface area contributed by atoms with Crippen molar-refractivity contribution in [3.63, 3.8) is 0 Å². The van der Waals surface area contributed by atoms with Crippen LogP contribution in [0.25, 0.3) is 11.3 Å². The van der Waals surface area contributed by atoms with E-state index in [-0.39, 0.29) is 22.9 Å². The Kier molecular flexibility index (Phi) is 6.18. The van der Waals surface area contributed by atoms with Crippen molar-refractivity contribution in [1.29, 1.82) is 0 Å². The summed E-state index contributed by atoms with van der Waals surface area (Å²) in [5.41, 5.74) is 12.9. The number of aromatic nitrogens is 3. The lowest BCUT2D eigenvalue weighted by Gasteiger charge is -2.33. The highest BCUT2D eigenvalue weighted by Crippen LogP contribution is 2.29. The van der Waals surface area contributed by atoms with Gasteiger partial charge in [0.25, 0.3) is 11.5 Å². The zero-order valence-electron chi connectivity index (χ0n) is 17.7. The molecule has 1 saturated carbocycles. The van der Waals surface area contributed by atoms with E-state index in [0.29, 0.717) is 17.9 Å². The summed E-state index contributed by atoms with van der Waals surface area (Å²) >= 11 is 0. The van der Waals surface area contributed by atoms with E-state index in [2.05, 4.69) is 25.6 Å². The molecule has 0 aliphatic heterocycles. The summed E-state index contributed by atoms with van der Waals surface area (Å²) < 4.78 is 0. The molecule has 1 aliphatic rings. The van der Waals surface area contributed by atoms with E-state index in [1.165, 1.54) is 6.42 Å². The van der Waals surface area contributed by atoms with E-state index in [0.717, 1.165) is 31.2 Å². The monoisotopic (exact) mass is 433 g/mol. The number of benzene rings is 1. The van der Waals surface area contributed by atoms with Gasteiger partial charge < -0.3 is 22.1 Å². The summed E-state index contributed by atoms with van der Waals surface area (Å²) in [6.45, 7) is 0.466. The molecule has 7 N–H and O–H groups in total. The molecular formula is C23H27N7O2. The van der Waals surface area contributed by atoms with E-state index in [4.69, 9.17) is 11.5 Å². The second-order valence-electron chi connectivity index (χ2n) is 8.17. The number of anilines is 3. The van der Waals surface area contributed by atoms with Crippen LogP contribution in [0.1, 0.15) is 42.5 Å². The van der Waals surface area contributed by atoms with Gasteiger partial charge in [0.15, 0.2) is 5.82 Å². The fourth-order valence-electron chi connectivity index (χ4n) is 4.03. The first-order valence-electron chi connectivity index (χ1n) is 10.7. The van der Waals surface area contributed by atoms with E-state index in [9.17, 15) is 9.59 Å². The number of carbonyl (C=O) groups excluding carboxylic acids is 1. The Labute approximate surface area is 185 Å². The fraction of sp³-hybridized carbons (Fsp3) is 0.304. The summed E-state index contributed by atoms with van der Waals surface area (Å²) in [4.78, 5) is 36.2. The van der Waals surface area contributed by atoms with Crippen molar-refractivity contribution >= 4 is 23.4 Å². The Morgan fingerprint density at radius 3 is 2.56 bits per heavy atom. The van der Waals surface area contributed by atoms with Crippen molar-refractivity contribution in [2.24, 2.45) is 11.5 Å². The average molecular weight is 434 g/mol. The van der Waals surface area contributed by atoms with E-state index >= 15 is 0 Å². The second kappa shape index (κ2) is 9.19. The van der Waals surface area contributed by atoms with Gasteiger partial charge in [-0.25, -0.2) is 0 Å². The van der Waals surface area contributed by atoms with Crippen molar-refractivity contribution in [2.75, 3.05) is 17.2 Å². The molecule has 2 heterocycles. The number of nitrogens with one attached hydrogen (secondary N) is 3. The minimum atomic E-state index is -0.875. The van der Waals surface area contributed by atoms with Gasteiger partial charge in [0.2, 0.25) is 5.95 Å². The quantitative estimate of drug-likeness (QED) is 0.384. The summed E-state index contributed by atoms with van der Waals surface area (Å²) in [6, 6.07) is 13.1. The number of rotatable bonds is 7. The van der Waals surface area contributed by atoms with Crippen LogP contribution in [0.4, 0.5) is 17.5 Å². The molecular weight excluding hydrogens is 406 g/mol. The Hall–Kier alpha value is -3.72. The molecule has 1 aliphatic carbocycles. The molecule has 2 aromatic heterocycles. The first kappa shape index (κ1) is 21.5. The maximum Gasteiger partial charge on any atom is 0.267 e. The van der Waals surface area contributed by atoms with Crippen LogP contribution in [-0.4, -0.2) is 32.9 Å². The third-order valence-corrected chi connectivity index (χ3v) is 5.73. The zero-order chi connectivity index (χ0) is 22.6. The molecule has 1 amide bonds. The summed E-state index contributed by atoms with van der Waals surface area (Å²) in [7, 11) is 0. The first-order valence-corrected chi connectivity index (χ1v) is 10.7. The SMILES string of the molecule is NC(=O)c1c(Nc2cccnc2-c2ccccc2)nc(NCC2(N)CCCCC2)[nH]c1=O. The third kappa shape index (κ3) is 4.78.